The van der Waals surface area contributed by atoms with Gasteiger partial charge in [-0.1, -0.05) is 62.2 Å². The van der Waals surface area contributed by atoms with Gasteiger partial charge in [0.15, 0.2) is 0 Å². The van der Waals surface area contributed by atoms with E-state index >= 15 is 0 Å². The first-order valence-electron chi connectivity index (χ1n) is 8.70. The summed E-state index contributed by atoms with van der Waals surface area (Å²) in [7, 11) is 0. The summed E-state index contributed by atoms with van der Waals surface area (Å²) in [5, 5.41) is 12.2. The summed E-state index contributed by atoms with van der Waals surface area (Å²) in [6.07, 6.45) is 1.53. The number of hydrogen-bond acceptors (Lipinski definition) is 3. The molecule has 0 bridgehead atoms. The minimum absolute atomic E-state index is 0.0135. The summed E-state index contributed by atoms with van der Waals surface area (Å²) in [6, 6.07) is 24.3. The van der Waals surface area contributed by atoms with E-state index in [1.807, 2.05) is 60.7 Å². The zero-order valence-corrected chi connectivity index (χ0v) is 18.4. The number of nitrogens with one attached hydrogen (secondary N) is 1. The van der Waals surface area contributed by atoms with Crippen LogP contribution in [0.2, 0.25) is 0 Å². The molecule has 0 aliphatic carbocycles. The summed E-state index contributed by atoms with van der Waals surface area (Å²) in [6.45, 7) is 0.369. The van der Waals surface area contributed by atoms with Gasteiger partial charge >= 0.3 is 0 Å². The number of rotatable bonds is 6. The van der Waals surface area contributed by atoms with Crippen molar-refractivity contribution in [2.45, 2.75) is 6.61 Å². The Morgan fingerprint density at radius 3 is 2.38 bits per heavy atom. The molecule has 1 N–H and O–H groups in total. The first-order chi connectivity index (χ1) is 14.0. The third kappa shape index (κ3) is 6.05. The van der Waals surface area contributed by atoms with Crippen LogP contribution in [-0.2, 0) is 11.4 Å². The molecule has 0 heterocycles. The zero-order chi connectivity index (χ0) is 20.6. The fourth-order valence-corrected chi connectivity index (χ4v) is 3.17. The summed E-state index contributed by atoms with van der Waals surface area (Å²) >= 11 is 6.84. The molecule has 0 saturated carbocycles. The Bertz CT molecular complexity index is 1070. The van der Waals surface area contributed by atoms with Crippen LogP contribution in [0.1, 0.15) is 11.1 Å². The molecule has 3 rings (SSSR count). The number of halogens is 2. The van der Waals surface area contributed by atoms with Crippen LogP contribution in [0.3, 0.4) is 0 Å². The van der Waals surface area contributed by atoms with Crippen LogP contribution >= 0.6 is 31.9 Å². The van der Waals surface area contributed by atoms with Crippen LogP contribution in [0.25, 0.3) is 6.08 Å². The van der Waals surface area contributed by atoms with Gasteiger partial charge in [0.2, 0.25) is 0 Å². The summed E-state index contributed by atoms with van der Waals surface area (Å²) in [4.78, 5) is 12.5. The average Bonchev–Trinajstić information content (AvgIpc) is 2.73. The van der Waals surface area contributed by atoms with Gasteiger partial charge in [-0.3, -0.25) is 4.79 Å². The molecule has 0 aliphatic heterocycles. The third-order valence-electron chi connectivity index (χ3n) is 3.98. The van der Waals surface area contributed by atoms with Crippen LogP contribution in [0.5, 0.6) is 5.75 Å². The Morgan fingerprint density at radius 1 is 1.00 bits per heavy atom. The fourth-order valence-electron chi connectivity index (χ4n) is 2.53. The van der Waals surface area contributed by atoms with E-state index in [1.165, 1.54) is 6.08 Å². The van der Waals surface area contributed by atoms with Crippen molar-refractivity contribution >= 4 is 49.5 Å². The normalized spacial score (nSPS) is 10.9. The highest BCUT2D eigenvalue weighted by Gasteiger charge is 2.12. The number of para-hydroxylation sites is 1. The van der Waals surface area contributed by atoms with E-state index < -0.39 is 5.91 Å². The average molecular weight is 512 g/mol. The Labute approximate surface area is 186 Å². The van der Waals surface area contributed by atoms with E-state index in [9.17, 15) is 10.1 Å². The van der Waals surface area contributed by atoms with Crippen LogP contribution in [0.15, 0.2) is 87.3 Å². The predicted octanol–water partition coefficient (Wildman–Crippen LogP) is 6.34. The van der Waals surface area contributed by atoms with E-state index in [4.69, 9.17) is 4.74 Å². The summed E-state index contributed by atoms with van der Waals surface area (Å²) in [5.41, 5.74) is 2.25. The number of amides is 1. The van der Waals surface area contributed by atoms with Gasteiger partial charge in [0.25, 0.3) is 5.91 Å². The van der Waals surface area contributed by atoms with Gasteiger partial charge < -0.3 is 10.1 Å². The van der Waals surface area contributed by atoms with Crippen molar-refractivity contribution in [1.29, 1.82) is 5.26 Å². The Kier molecular flexibility index (Phi) is 7.23. The van der Waals surface area contributed by atoms with Crippen molar-refractivity contribution in [2.24, 2.45) is 0 Å². The maximum atomic E-state index is 12.5. The van der Waals surface area contributed by atoms with Crippen LogP contribution in [0.4, 0.5) is 5.69 Å². The van der Waals surface area contributed by atoms with Crippen molar-refractivity contribution < 1.29 is 9.53 Å². The molecule has 29 heavy (non-hydrogen) atoms. The molecule has 3 aromatic rings. The smallest absolute Gasteiger partial charge is 0.266 e. The van der Waals surface area contributed by atoms with Gasteiger partial charge in [0.05, 0.1) is 0 Å². The molecule has 0 unspecified atom stereocenters. The molecule has 0 radical (unpaired) electrons. The van der Waals surface area contributed by atoms with Gasteiger partial charge in [-0.05, 0) is 54.1 Å². The largest absolute Gasteiger partial charge is 0.488 e. The molecule has 0 aliphatic rings. The number of nitriles is 1. The number of anilines is 1. The van der Waals surface area contributed by atoms with E-state index in [1.54, 1.807) is 18.2 Å². The molecular weight excluding hydrogens is 496 g/mol. The van der Waals surface area contributed by atoms with Crippen molar-refractivity contribution in [3.8, 4) is 11.8 Å². The topological polar surface area (TPSA) is 62.1 Å². The minimum atomic E-state index is -0.475. The summed E-state index contributed by atoms with van der Waals surface area (Å²) < 4.78 is 7.76. The second kappa shape index (κ2) is 10.1. The van der Waals surface area contributed by atoms with Crippen LogP contribution in [-0.4, -0.2) is 5.91 Å². The summed E-state index contributed by atoms with van der Waals surface area (Å²) in [5.74, 6) is 0.105. The highest BCUT2D eigenvalue weighted by Crippen LogP contribution is 2.27. The third-order valence-corrected chi connectivity index (χ3v) is 5.00. The Balaban J connectivity index is 1.82. The highest BCUT2D eigenvalue weighted by molar-refractivity contribution is 9.10. The number of benzene rings is 3. The van der Waals surface area contributed by atoms with E-state index in [0.29, 0.717) is 23.6 Å². The molecule has 0 spiro atoms. The van der Waals surface area contributed by atoms with E-state index in [-0.39, 0.29) is 5.57 Å². The molecule has 0 aromatic heterocycles. The lowest BCUT2D eigenvalue weighted by Crippen LogP contribution is -2.13. The zero-order valence-electron chi connectivity index (χ0n) is 15.2. The molecule has 3 aromatic carbocycles. The number of ether oxygens (including phenoxy) is 1. The van der Waals surface area contributed by atoms with Crippen molar-refractivity contribution in [1.82, 2.24) is 0 Å². The molecule has 144 valence electrons. The Morgan fingerprint density at radius 2 is 1.69 bits per heavy atom. The van der Waals surface area contributed by atoms with Gasteiger partial charge in [0.1, 0.15) is 24.0 Å². The molecule has 0 saturated heterocycles. The van der Waals surface area contributed by atoms with Gasteiger partial charge in [-0.15, -0.1) is 0 Å². The number of carbonyl (C=O) groups is 1. The molecule has 0 atom stereocenters. The minimum Gasteiger partial charge on any atom is -0.488 e. The van der Waals surface area contributed by atoms with Gasteiger partial charge in [0, 0.05) is 20.2 Å². The monoisotopic (exact) mass is 510 g/mol. The maximum absolute atomic E-state index is 12.5. The fraction of sp³-hybridized carbons (Fsp3) is 0.0435. The van der Waals surface area contributed by atoms with Crippen LogP contribution in [0, 0.1) is 11.3 Å². The van der Waals surface area contributed by atoms with Crippen molar-refractivity contribution in [3.63, 3.8) is 0 Å². The first-order valence-corrected chi connectivity index (χ1v) is 10.3. The highest BCUT2D eigenvalue weighted by atomic mass is 79.9. The maximum Gasteiger partial charge on any atom is 0.266 e. The second-order valence-electron chi connectivity index (χ2n) is 6.09. The van der Waals surface area contributed by atoms with Crippen LogP contribution < -0.4 is 10.1 Å². The lowest BCUT2D eigenvalue weighted by Gasteiger charge is -2.11. The number of carbonyl (C=O) groups excluding carboxylic acids is 1. The molecule has 6 heteroatoms. The lowest BCUT2D eigenvalue weighted by atomic mass is 10.1. The molecule has 0 fully saturated rings. The number of hydrogen-bond donors (Lipinski definition) is 1. The quantitative estimate of drug-likeness (QED) is 0.310. The Hall–Kier alpha value is -2.88. The van der Waals surface area contributed by atoms with E-state index in [0.717, 1.165) is 14.5 Å². The second-order valence-corrected chi connectivity index (χ2v) is 7.92. The SMILES string of the molecule is N#C/C(=C\c1cc(Br)ccc1OCc1ccc(Br)cc1)C(=O)Nc1ccccc1. The van der Waals surface area contributed by atoms with Gasteiger partial charge in [-0.25, -0.2) is 0 Å². The van der Waals surface area contributed by atoms with Crippen molar-refractivity contribution in [3.05, 3.63) is 98.4 Å². The molecule has 1 amide bonds. The number of nitrogens with zero attached hydrogens (tertiary/aromatic N) is 1. The van der Waals surface area contributed by atoms with E-state index in [2.05, 4.69) is 37.2 Å². The molecular formula is C23H16Br2N2O2. The van der Waals surface area contributed by atoms with Crippen molar-refractivity contribution in [2.75, 3.05) is 5.32 Å². The first kappa shape index (κ1) is 20.8. The molecule has 4 nitrogen and oxygen atoms in total. The standard InChI is InChI=1S/C23H16Br2N2O2/c24-19-8-6-16(7-9-19)15-29-22-11-10-20(25)13-17(22)12-18(14-26)23(28)27-21-4-2-1-3-5-21/h1-13H,15H2,(H,27,28)/b18-12+. The van der Waals surface area contributed by atoms with Gasteiger partial charge in [-0.2, -0.15) is 5.26 Å². The lowest BCUT2D eigenvalue weighted by molar-refractivity contribution is -0.112. The predicted molar refractivity (Wildman–Crippen MR) is 121 cm³/mol.